The van der Waals surface area contributed by atoms with Gasteiger partial charge in [-0.15, -0.1) is 0 Å². The maximum Gasteiger partial charge on any atom is 0.244 e. The van der Waals surface area contributed by atoms with Gasteiger partial charge in [0.25, 0.3) is 0 Å². The molecule has 1 aliphatic heterocycles. The van der Waals surface area contributed by atoms with Gasteiger partial charge in [-0.2, -0.15) is 0 Å². The van der Waals surface area contributed by atoms with E-state index in [1.807, 2.05) is 26.0 Å². The second-order valence-corrected chi connectivity index (χ2v) is 10.3. The minimum Gasteiger partial charge on any atom is -0.325 e. The van der Waals surface area contributed by atoms with Crippen LogP contribution in [-0.4, -0.2) is 38.7 Å². The fraction of sp³-hybridized carbons (Fsp3) is 0.348. The lowest BCUT2D eigenvalue weighted by atomic mass is 10.0. The highest BCUT2D eigenvalue weighted by Gasteiger charge is 2.37. The van der Waals surface area contributed by atoms with Crippen LogP contribution in [0.25, 0.3) is 0 Å². The summed E-state index contributed by atoms with van der Waals surface area (Å²) in [6, 6.07) is 9.86. The minimum absolute atomic E-state index is 0.0965. The molecular formula is C23H25N3O4S. The molecule has 0 spiro atoms. The molecule has 2 amide bonds. The second-order valence-electron chi connectivity index (χ2n) is 8.24. The van der Waals surface area contributed by atoms with E-state index in [0.29, 0.717) is 11.4 Å². The Morgan fingerprint density at radius 1 is 1.16 bits per heavy atom. The molecule has 1 atom stereocenters. The molecule has 8 heteroatoms. The van der Waals surface area contributed by atoms with E-state index in [0.717, 1.165) is 48.0 Å². The molecule has 7 nitrogen and oxygen atoms in total. The third-order valence-electron chi connectivity index (χ3n) is 5.91. The van der Waals surface area contributed by atoms with Crippen LogP contribution in [0.3, 0.4) is 0 Å². The fourth-order valence-corrected chi connectivity index (χ4v) is 4.70. The van der Waals surface area contributed by atoms with E-state index in [1.54, 1.807) is 0 Å². The number of carbonyl (C=O) groups excluding carboxylic acids is 2. The topological polar surface area (TPSA) is 95.9 Å². The Morgan fingerprint density at radius 3 is 2.52 bits per heavy atom. The summed E-state index contributed by atoms with van der Waals surface area (Å²) >= 11 is 0. The summed E-state index contributed by atoms with van der Waals surface area (Å²) in [6.45, 7) is 3.84. The number of aryl methyl sites for hydroxylation is 2. The molecule has 2 aromatic carbocycles. The number of benzene rings is 2. The predicted octanol–water partition coefficient (Wildman–Crippen LogP) is 3.56. The number of aliphatic imine (C=N–C) groups is 1. The number of fused-ring (bicyclic) bond motifs is 2. The quantitative estimate of drug-likeness (QED) is 0.788. The Balaban J connectivity index is 1.61. The molecule has 0 radical (unpaired) electrons. The molecule has 4 rings (SSSR count). The largest absolute Gasteiger partial charge is 0.325 e. The van der Waals surface area contributed by atoms with Crippen molar-refractivity contribution < 1.29 is 18.0 Å². The highest BCUT2D eigenvalue weighted by Crippen LogP contribution is 2.39. The van der Waals surface area contributed by atoms with Crippen LogP contribution in [0.15, 0.2) is 46.3 Å². The van der Waals surface area contributed by atoms with E-state index >= 15 is 0 Å². The molecule has 0 aromatic heterocycles. The molecule has 1 saturated carbocycles. The van der Waals surface area contributed by atoms with Gasteiger partial charge in [0, 0.05) is 17.7 Å². The number of nitrogens with one attached hydrogen (secondary N) is 1. The molecule has 1 aliphatic carbocycles. The standard InChI is InChI=1S/C23H25N3O4S/c1-14-11-20-21(12-15(14)2)26(23(28)18-5-4-6-19(18)25-20)13-22(27)24-16-7-9-17(10-8-16)31(3,29)30/h7-12,18H,4-6,13H2,1-3H3,(H,24,27)/t18-/m1/s1. The number of amides is 2. The van der Waals surface area contributed by atoms with Gasteiger partial charge < -0.3 is 10.2 Å². The van der Waals surface area contributed by atoms with Gasteiger partial charge in [0.1, 0.15) is 6.54 Å². The van der Waals surface area contributed by atoms with Crippen molar-refractivity contribution in [2.45, 2.75) is 38.0 Å². The first kappa shape index (κ1) is 21.2. The van der Waals surface area contributed by atoms with Crippen LogP contribution in [0.1, 0.15) is 30.4 Å². The molecule has 1 N–H and O–H groups in total. The van der Waals surface area contributed by atoms with Gasteiger partial charge in [-0.25, -0.2) is 8.42 Å². The first-order valence-corrected chi connectivity index (χ1v) is 12.1. The summed E-state index contributed by atoms with van der Waals surface area (Å²) < 4.78 is 23.2. The van der Waals surface area contributed by atoms with Crippen LogP contribution < -0.4 is 10.2 Å². The van der Waals surface area contributed by atoms with E-state index in [9.17, 15) is 18.0 Å². The molecule has 1 heterocycles. The van der Waals surface area contributed by atoms with Crippen molar-refractivity contribution in [3.63, 3.8) is 0 Å². The Kier molecular flexibility index (Phi) is 5.43. The molecule has 31 heavy (non-hydrogen) atoms. The number of anilines is 2. The van der Waals surface area contributed by atoms with Crippen molar-refractivity contribution in [3.05, 3.63) is 47.5 Å². The van der Waals surface area contributed by atoms with Gasteiger partial charge >= 0.3 is 0 Å². The van der Waals surface area contributed by atoms with Crippen LogP contribution >= 0.6 is 0 Å². The lowest BCUT2D eigenvalue weighted by Crippen LogP contribution is -2.42. The second kappa shape index (κ2) is 7.92. The van der Waals surface area contributed by atoms with Crippen molar-refractivity contribution in [2.24, 2.45) is 10.9 Å². The normalized spacial score (nSPS) is 18.2. The number of carbonyl (C=O) groups is 2. The number of hydrogen-bond acceptors (Lipinski definition) is 5. The van der Waals surface area contributed by atoms with E-state index < -0.39 is 9.84 Å². The lowest BCUT2D eigenvalue weighted by Gasteiger charge is -2.25. The van der Waals surface area contributed by atoms with Gasteiger partial charge in [0.2, 0.25) is 11.8 Å². The van der Waals surface area contributed by atoms with Gasteiger partial charge in [0.05, 0.1) is 22.2 Å². The lowest BCUT2D eigenvalue weighted by molar-refractivity contribution is -0.122. The number of rotatable bonds is 4. The van der Waals surface area contributed by atoms with E-state index in [4.69, 9.17) is 4.99 Å². The molecule has 1 fully saturated rings. The SMILES string of the molecule is Cc1cc2c(cc1C)N(CC(=O)Nc1ccc(S(C)(=O)=O)cc1)C(=O)[C@@H]1CCCC1=N2. The highest BCUT2D eigenvalue weighted by atomic mass is 32.2. The van der Waals surface area contributed by atoms with Gasteiger partial charge in [-0.1, -0.05) is 0 Å². The molecule has 0 unspecified atom stereocenters. The first-order valence-electron chi connectivity index (χ1n) is 10.2. The Morgan fingerprint density at radius 2 is 1.84 bits per heavy atom. The summed E-state index contributed by atoms with van der Waals surface area (Å²) in [7, 11) is -3.31. The third-order valence-corrected chi connectivity index (χ3v) is 7.03. The van der Waals surface area contributed by atoms with E-state index in [1.165, 1.54) is 29.2 Å². The first-order chi connectivity index (χ1) is 14.6. The summed E-state index contributed by atoms with van der Waals surface area (Å²) in [5, 5.41) is 2.76. The van der Waals surface area contributed by atoms with Crippen molar-refractivity contribution in [2.75, 3.05) is 23.0 Å². The summed E-state index contributed by atoms with van der Waals surface area (Å²) in [5.74, 6) is -0.734. The average Bonchev–Trinajstić information content (AvgIpc) is 3.13. The van der Waals surface area contributed by atoms with Crippen molar-refractivity contribution >= 4 is 44.4 Å². The fourth-order valence-electron chi connectivity index (χ4n) is 4.07. The molecule has 2 aliphatic rings. The van der Waals surface area contributed by atoms with Crippen LogP contribution in [0.4, 0.5) is 17.1 Å². The minimum atomic E-state index is -3.31. The molecule has 162 valence electrons. The third kappa shape index (κ3) is 4.25. The number of nitrogens with zero attached hydrogens (tertiary/aromatic N) is 2. The highest BCUT2D eigenvalue weighted by molar-refractivity contribution is 7.90. The predicted molar refractivity (Wildman–Crippen MR) is 121 cm³/mol. The summed E-state index contributed by atoms with van der Waals surface area (Å²) in [4.78, 5) is 32.6. The Bertz CT molecular complexity index is 1200. The zero-order valence-corrected chi connectivity index (χ0v) is 18.6. The molecular weight excluding hydrogens is 414 g/mol. The van der Waals surface area contributed by atoms with E-state index in [2.05, 4.69) is 5.32 Å². The van der Waals surface area contributed by atoms with Crippen LogP contribution in [0.2, 0.25) is 0 Å². The molecule has 0 saturated heterocycles. The average molecular weight is 440 g/mol. The zero-order chi connectivity index (χ0) is 22.3. The van der Waals surface area contributed by atoms with Crippen LogP contribution in [0.5, 0.6) is 0 Å². The smallest absolute Gasteiger partial charge is 0.244 e. The van der Waals surface area contributed by atoms with E-state index in [-0.39, 0.29) is 29.2 Å². The Hall–Kier alpha value is -3.00. The van der Waals surface area contributed by atoms with Crippen LogP contribution in [0, 0.1) is 19.8 Å². The summed E-state index contributed by atoms with van der Waals surface area (Å²) in [6.07, 6.45) is 3.60. The number of hydrogen-bond donors (Lipinski definition) is 1. The maximum atomic E-state index is 13.3. The van der Waals surface area contributed by atoms with Crippen LogP contribution in [-0.2, 0) is 19.4 Å². The van der Waals surface area contributed by atoms with Gasteiger partial charge in [-0.05, 0) is 80.6 Å². The maximum absolute atomic E-state index is 13.3. The van der Waals surface area contributed by atoms with Crippen molar-refractivity contribution in [3.8, 4) is 0 Å². The molecule has 0 bridgehead atoms. The summed E-state index contributed by atoms with van der Waals surface area (Å²) in [5.41, 5.74) is 4.85. The Labute approximate surface area is 182 Å². The van der Waals surface area contributed by atoms with Crippen molar-refractivity contribution in [1.82, 2.24) is 0 Å². The number of sulfone groups is 1. The zero-order valence-electron chi connectivity index (χ0n) is 17.8. The van der Waals surface area contributed by atoms with Gasteiger partial charge in [0.15, 0.2) is 9.84 Å². The molecule has 2 aromatic rings. The van der Waals surface area contributed by atoms with Crippen molar-refractivity contribution in [1.29, 1.82) is 0 Å². The monoisotopic (exact) mass is 439 g/mol. The van der Waals surface area contributed by atoms with Gasteiger partial charge in [-0.3, -0.25) is 14.6 Å².